The number of rotatable bonds is 5. The standard InChI is InChI=1S/C4H12N2S2.H3O4P/c5-1-3-7-8-4-2-6;1-5(2,3)4/h1-6H2;(H3,1,2,3,4). The predicted molar refractivity (Wildman–Crippen MR) is 57.3 cm³/mol. The van der Waals surface area contributed by atoms with E-state index in [1.807, 2.05) is 0 Å². The Morgan fingerprint density at radius 1 is 1.00 bits per heavy atom. The maximum atomic E-state index is 8.88. The molecule has 0 fully saturated rings. The summed E-state index contributed by atoms with van der Waals surface area (Å²) in [5, 5.41) is 0. The van der Waals surface area contributed by atoms with E-state index in [4.69, 9.17) is 30.7 Å². The Morgan fingerprint density at radius 2 is 1.23 bits per heavy atom. The molecule has 0 radical (unpaired) electrons. The molecule has 0 saturated heterocycles. The summed E-state index contributed by atoms with van der Waals surface area (Å²) in [5.74, 6) is 2.06. The topological polar surface area (TPSA) is 130 Å². The average molecular weight is 250 g/mol. The van der Waals surface area contributed by atoms with E-state index in [-0.39, 0.29) is 0 Å². The molecule has 0 rings (SSSR count). The molecule has 0 aromatic rings. The van der Waals surface area contributed by atoms with Gasteiger partial charge in [-0.15, -0.1) is 0 Å². The summed E-state index contributed by atoms with van der Waals surface area (Å²) in [7, 11) is -1.06. The molecule has 0 aromatic heterocycles. The van der Waals surface area contributed by atoms with Crippen molar-refractivity contribution in [1.82, 2.24) is 0 Å². The first-order chi connectivity index (χ1) is 5.91. The molecule has 6 nitrogen and oxygen atoms in total. The maximum absolute atomic E-state index is 8.88. The Morgan fingerprint density at radius 3 is 1.38 bits per heavy atom. The molecule has 0 aliphatic heterocycles. The van der Waals surface area contributed by atoms with E-state index in [2.05, 4.69) is 0 Å². The molecule has 0 saturated carbocycles. The molecular weight excluding hydrogens is 235 g/mol. The van der Waals surface area contributed by atoms with E-state index >= 15 is 0 Å². The molecule has 0 aromatic carbocycles. The zero-order valence-corrected chi connectivity index (χ0v) is 9.52. The monoisotopic (exact) mass is 250 g/mol. The summed E-state index contributed by atoms with van der Waals surface area (Å²) in [5.41, 5.74) is 10.5. The fourth-order valence-corrected chi connectivity index (χ4v) is 1.93. The molecule has 0 spiro atoms. The molecule has 0 amide bonds. The molecule has 82 valence electrons. The van der Waals surface area contributed by atoms with Gasteiger partial charge in [0.25, 0.3) is 0 Å². The fourth-order valence-electron chi connectivity index (χ4n) is 0.214. The van der Waals surface area contributed by atoms with E-state index in [1.165, 1.54) is 0 Å². The van der Waals surface area contributed by atoms with E-state index in [0.717, 1.165) is 24.6 Å². The second kappa shape index (κ2) is 10.8. The maximum Gasteiger partial charge on any atom is 0.466 e. The number of hydrogen-bond donors (Lipinski definition) is 5. The van der Waals surface area contributed by atoms with E-state index in [1.54, 1.807) is 21.6 Å². The minimum absolute atomic E-state index is 0.766. The lowest BCUT2D eigenvalue weighted by Crippen LogP contribution is -2.02. The van der Waals surface area contributed by atoms with Crippen molar-refractivity contribution in [2.45, 2.75) is 0 Å². The first-order valence-corrected chi connectivity index (χ1v) is 7.40. The van der Waals surface area contributed by atoms with Crippen LogP contribution in [0.15, 0.2) is 0 Å². The number of phosphoric acid groups is 1. The highest BCUT2D eigenvalue weighted by Gasteiger charge is 2.00. The first-order valence-electron chi connectivity index (χ1n) is 3.34. The van der Waals surface area contributed by atoms with E-state index in [9.17, 15) is 0 Å². The average Bonchev–Trinajstić information content (AvgIpc) is 1.95. The van der Waals surface area contributed by atoms with Gasteiger partial charge in [-0.2, -0.15) is 0 Å². The van der Waals surface area contributed by atoms with Crippen molar-refractivity contribution in [3.63, 3.8) is 0 Å². The molecule has 0 bridgehead atoms. The second-order valence-electron chi connectivity index (χ2n) is 1.73. The third-order valence-electron chi connectivity index (χ3n) is 0.486. The van der Waals surface area contributed by atoms with Crippen molar-refractivity contribution in [2.75, 3.05) is 24.6 Å². The lowest BCUT2D eigenvalue weighted by Gasteiger charge is -1.93. The van der Waals surface area contributed by atoms with Gasteiger partial charge in [0.2, 0.25) is 0 Å². The quantitative estimate of drug-likeness (QED) is 0.247. The Kier molecular flexibility index (Phi) is 13.4. The summed E-state index contributed by atoms with van der Waals surface area (Å²) in [6.45, 7) is 1.53. The van der Waals surface area contributed by atoms with Crippen molar-refractivity contribution in [3.05, 3.63) is 0 Å². The molecule has 0 unspecified atom stereocenters. The molecule has 0 aliphatic rings. The molecule has 9 heteroatoms. The van der Waals surface area contributed by atoms with Crippen LogP contribution >= 0.6 is 29.4 Å². The SMILES string of the molecule is NCCSSCCN.O=P(O)(O)O. The van der Waals surface area contributed by atoms with Gasteiger partial charge in [0, 0.05) is 24.6 Å². The number of nitrogens with two attached hydrogens (primary N) is 2. The van der Waals surface area contributed by atoms with Crippen LogP contribution in [0.1, 0.15) is 0 Å². The fraction of sp³-hybridized carbons (Fsp3) is 1.00. The van der Waals surface area contributed by atoms with Gasteiger partial charge >= 0.3 is 7.82 Å². The summed E-state index contributed by atoms with van der Waals surface area (Å²) in [6, 6.07) is 0. The van der Waals surface area contributed by atoms with E-state index < -0.39 is 7.82 Å². The van der Waals surface area contributed by atoms with Gasteiger partial charge in [0.05, 0.1) is 0 Å². The van der Waals surface area contributed by atoms with Gasteiger partial charge in [-0.3, -0.25) is 0 Å². The summed E-state index contributed by atoms with van der Waals surface area (Å²) in [4.78, 5) is 21.6. The van der Waals surface area contributed by atoms with Crippen LogP contribution in [0, 0.1) is 0 Å². The largest absolute Gasteiger partial charge is 0.466 e. The highest BCUT2D eigenvalue weighted by molar-refractivity contribution is 8.76. The lowest BCUT2D eigenvalue weighted by atomic mass is 10.8. The smallest absolute Gasteiger partial charge is 0.330 e. The molecule has 0 atom stereocenters. The van der Waals surface area contributed by atoms with Crippen LogP contribution in [0.5, 0.6) is 0 Å². The van der Waals surface area contributed by atoms with Gasteiger partial charge in [-0.1, -0.05) is 21.6 Å². The minimum Gasteiger partial charge on any atom is -0.330 e. The zero-order chi connectivity index (χ0) is 10.7. The second-order valence-corrected chi connectivity index (χ2v) is 5.46. The van der Waals surface area contributed by atoms with Crippen molar-refractivity contribution in [3.8, 4) is 0 Å². The Bertz CT molecular complexity index is 130. The summed E-state index contributed by atoms with van der Waals surface area (Å²) < 4.78 is 8.88. The normalized spacial score (nSPS) is 10.5. The highest BCUT2D eigenvalue weighted by atomic mass is 33.1. The van der Waals surface area contributed by atoms with Crippen LogP contribution in [0.4, 0.5) is 0 Å². The Labute approximate surface area is 85.1 Å². The van der Waals surface area contributed by atoms with Crippen LogP contribution < -0.4 is 11.5 Å². The zero-order valence-electron chi connectivity index (χ0n) is 7.00. The van der Waals surface area contributed by atoms with Crippen LogP contribution in [0.2, 0.25) is 0 Å². The van der Waals surface area contributed by atoms with Crippen molar-refractivity contribution >= 4 is 29.4 Å². The van der Waals surface area contributed by atoms with Crippen molar-refractivity contribution < 1.29 is 19.2 Å². The number of hydrogen-bond acceptors (Lipinski definition) is 5. The molecule has 0 heterocycles. The molecule has 13 heavy (non-hydrogen) atoms. The van der Waals surface area contributed by atoms with Crippen LogP contribution in [0.25, 0.3) is 0 Å². The van der Waals surface area contributed by atoms with Gasteiger partial charge in [-0.25, -0.2) is 4.57 Å². The third kappa shape index (κ3) is 44.6. The van der Waals surface area contributed by atoms with Crippen LogP contribution in [-0.4, -0.2) is 39.3 Å². The Hall–Kier alpha value is 0.730. The van der Waals surface area contributed by atoms with Crippen LogP contribution in [0.3, 0.4) is 0 Å². The van der Waals surface area contributed by atoms with Crippen molar-refractivity contribution in [1.29, 1.82) is 0 Å². The van der Waals surface area contributed by atoms with Crippen molar-refractivity contribution in [2.24, 2.45) is 11.5 Å². The molecular formula is C4H15N2O4PS2. The Balaban J connectivity index is 0. The summed E-state index contributed by atoms with van der Waals surface area (Å²) >= 11 is 0. The molecule has 7 N–H and O–H groups in total. The highest BCUT2D eigenvalue weighted by Crippen LogP contribution is 2.25. The minimum atomic E-state index is -4.64. The van der Waals surface area contributed by atoms with Gasteiger partial charge in [0.1, 0.15) is 0 Å². The van der Waals surface area contributed by atoms with E-state index in [0.29, 0.717) is 0 Å². The third-order valence-corrected chi connectivity index (χ3v) is 2.96. The molecule has 0 aliphatic carbocycles. The van der Waals surface area contributed by atoms with Gasteiger partial charge < -0.3 is 26.1 Å². The van der Waals surface area contributed by atoms with Crippen LogP contribution in [-0.2, 0) is 4.57 Å². The first kappa shape index (κ1) is 16.2. The van der Waals surface area contributed by atoms with Gasteiger partial charge in [-0.05, 0) is 0 Å². The predicted octanol–water partition coefficient (Wildman–Crippen LogP) is -0.643. The lowest BCUT2D eigenvalue weighted by molar-refractivity contribution is 0.275. The summed E-state index contributed by atoms with van der Waals surface area (Å²) in [6.07, 6.45) is 0. The van der Waals surface area contributed by atoms with Gasteiger partial charge in [0.15, 0.2) is 0 Å².